The second-order valence-electron chi connectivity index (χ2n) is 6.99. The highest BCUT2D eigenvalue weighted by Crippen LogP contribution is 2.42. The predicted molar refractivity (Wildman–Crippen MR) is 95.9 cm³/mol. The largest absolute Gasteiger partial charge is 0.379 e. The van der Waals surface area contributed by atoms with E-state index < -0.39 is 5.60 Å². The summed E-state index contributed by atoms with van der Waals surface area (Å²) in [6.07, 6.45) is 7.03. The van der Waals surface area contributed by atoms with Crippen LogP contribution in [0, 0.1) is 0 Å². The zero-order chi connectivity index (χ0) is 15.7. The molecule has 2 aliphatic rings. The summed E-state index contributed by atoms with van der Waals surface area (Å²) < 4.78 is 0. The molecule has 1 aromatic carbocycles. The smallest absolute Gasteiger partial charge is 0.125 e. The fourth-order valence-electron chi connectivity index (χ4n) is 4.36. The molecule has 0 bridgehead atoms. The van der Waals surface area contributed by atoms with Crippen molar-refractivity contribution in [3.05, 3.63) is 57.8 Å². The van der Waals surface area contributed by atoms with E-state index in [2.05, 4.69) is 46.7 Å². The Balaban J connectivity index is 1.73. The fraction of sp³-hybridized carbons (Fsp3) is 0.500. The van der Waals surface area contributed by atoms with E-state index in [0.29, 0.717) is 6.04 Å². The molecule has 0 amide bonds. The number of hydrogen-bond donors (Lipinski definition) is 1. The van der Waals surface area contributed by atoms with Gasteiger partial charge in [0.1, 0.15) is 5.60 Å². The maximum Gasteiger partial charge on any atom is 0.125 e. The maximum atomic E-state index is 11.7. The summed E-state index contributed by atoms with van der Waals surface area (Å²) >= 11 is 1.68. The summed E-state index contributed by atoms with van der Waals surface area (Å²) in [5.41, 5.74) is 1.62. The Labute approximate surface area is 142 Å². The topological polar surface area (TPSA) is 23.5 Å². The monoisotopic (exact) mass is 327 g/mol. The molecule has 23 heavy (non-hydrogen) atoms. The van der Waals surface area contributed by atoms with Gasteiger partial charge < -0.3 is 10.0 Å². The van der Waals surface area contributed by atoms with Crippen LogP contribution in [0.15, 0.2) is 41.8 Å². The first kappa shape index (κ1) is 15.4. The summed E-state index contributed by atoms with van der Waals surface area (Å²) in [6, 6.07) is 13.1. The van der Waals surface area contributed by atoms with Gasteiger partial charge in [0.2, 0.25) is 0 Å². The molecule has 0 radical (unpaired) electrons. The lowest BCUT2D eigenvalue weighted by Gasteiger charge is -2.38. The Bertz CT molecular complexity index is 647. The Morgan fingerprint density at radius 1 is 1.04 bits per heavy atom. The van der Waals surface area contributed by atoms with E-state index in [1.165, 1.54) is 37.9 Å². The van der Waals surface area contributed by atoms with Crippen LogP contribution in [0.4, 0.5) is 0 Å². The first-order valence-electron chi connectivity index (χ1n) is 8.86. The second kappa shape index (κ2) is 6.39. The van der Waals surface area contributed by atoms with Crippen molar-refractivity contribution in [1.82, 2.24) is 4.90 Å². The number of nitrogens with zero attached hydrogens (tertiary/aromatic N) is 1. The van der Waals surface area contributed by atoms with Crippen LogP contribution in [-0.4, -0.2) is 29.1 Å². The fourth-order valence-corrected chi connectivity index (χ4v) is 5.21. The first-order chi connectivity index (χ1) is 11.3. The Kier molecular flexibility index (Phi) is 4.27. The lowest BCUT2D eigenvalue weighted by atomic mass is 9.85. The van der Waals surface area contributed by atoms with Crippen molar-refractivity contribution >= 4 is 11.3 Å². The lowest BCUT2D eigenvalue weighted by Crippen LogP contribution is -2.43. The quantitative estimate of drug-likeness (QED) is 0.837. The minimum Gasteiger partial charge on any atom is -0.379 e. The number of fused-ring (bicyclic) bond motifs is 1. The summed E-state index contributed by atoms with van der Waals surface area (Å²) in [5.74, 6) is 0. The van der Waals surface area contributed by atoms with E-state index >= 15 is 0 Å². The number of aliphatic hydroxyl groups is 1. The van der Waals surface area contributed by atoms with Crippen LogP contribution in [0.1, 0.15) is 48.1 Å². The van der Waals surface area contributed by atoms with Crippen molar-refractivity contribution in [3.63, 3.8) is 0 Å². The van der Waals surface area contributed by atoms with Gasteiger partial charge in [-0.1, -0.05) is 36.8 Å². The third-order valence-corrected chi connectivity index (χ3v) is 6.60. The molecule has 0 spiro atoms. The van der Waals surface area contributed by atoms with Gasteiger partial charge in [0, 0.05) is 17.3 Å². The lowest BCUT2D eigenvalue weighted by molar-refractivity contribution is 0.0322. The number of benzene rings is 1. The van der Waals surface area contributed by atoms with Crippen LogP contribution in [-0.2, 0) is 12.0 Å². The molecule has 1 aromatic heterocycles. The molecule has 4 rings (SSSR count). The normalized spacial score (nSPS) is 29.0. The first-order valence-corrected chi connectivity index (χ1v) is 9.74. The Morgan fingerprint density at radius 3 is 2.65 bits per heavy atom. The minimum atomic E-state index is -0.830. The van der Waals surface area contributed by atoms with Crippen molar-refractivity contribution in [2.24, 2.45) is 0 Å². The molecule has 0 saturated carbocycles. The maximum absolute atomic E-state index is 11.7. The average molecular weight is 327 g/mol. The highest BCUT2D eigenvalue weighted by atomic mass is 32.1. The zero-order valence-electron chi connectivity index (χ0n) is 13.6. The van der Waals surface area contributed by atoms with Gasteiger partial charge in [-0.25, -0.2) is 0 Å². The van der Waals surface area contributed by atoms with Crippen molar-refractivity contribution in [3.8, 4) is 0 Å². The van der Waals surface area contributed by atoms with Crippen molar-refractivity contribution < 1.29 is 5.11 Å². The number of aryl methyl sites for hydroxylation is 1. The minimum absolute atomic E-state index is 0.481. The van der Waals surface area contributed by atoms with E-state index in [-0.39, 0.29) is 0 Å². The predicted octanol–water partition coefficient (Wildman–Crippen LogP) is 4.17. The molecule has 122 valence electrons. The van der Waals surface area contributed by atoms with E-state index in [4.69, 9.17) is 0 Å². The Morgan fingerprint density at radius 2 is 1.87 bits per heavy atom. The average Bonchev–Trinajstić information content (AvgIpc) is 3.10. The molecule has 1 aliphatic carbocycles. The highest BCUT2D eigenvalue weighted by Gasteiger charge is 2.40. The van der Waals surface area contributed by atoms with Gasteiger partial charge in [0.05, 0.1) is 0 Å². The van der Waals surface area contributed by atoms with Crippen LogP contribution in [0.5, 0.6) is 0 Å². The summed E-state index contributed by atoms with van der Waals surface area (Å²) in [7, 11) is 0. The van der Waals surface area contributed by atoms with Crippen molar-refractivity contribution in [1.29, 1.82) is 0 Å². The van der Waals surface area contributed by atoms with Crippen LogP contribution in [0.2, 0.25) is 0 Å². The molecule has 2 aromatic rings. The number of piperidine rings is 1. The van der Waals surface area contributed by atoms with Gasteiger partial charge in [0.25, 0.3) is 0 Å². The van der Waals surface area contributed by atoms with Crippen molar-refractivity contribution in [2.45, 2.75) is 50.2 Å². The summed E-state index contributed by atoms with van der Waals surface area (Å²) in [5, 5.41) is 13.8. The van der Waals surface area contributed by atoms with E-state index in [1.807, 2.05) is 0 Å². The molecule has 0 unspecified atom stereocenters. The third-order valence-electron chi connectivity index (χ3n) is 5.58. The van der Waals surface area contributed by atoms with Gasteiger partial charge in [-0.3, -0.25) is 0 Å². The third kappa shape index (κ3) is 2.86. The molecule has 2 nitrogen and oxygen atoms in total. The standard InChI is InChI=1S/C20H25NOS/c22-20(19-9-6-14-23-19)15-17(21-12-4-1-5-13-21)11-10-16-7-2-3-8-18(16)20/h2-3,6-9,14,17,22H,1,4-5,10-13,15H2/t17-,20-/m1/s1. The molecule has 2 atom stereocenters. The summed E-state index contributed by atoms with van der Waals surface area (Å²) in [4.78, 5) is 3.72. The molecule has 3 heteroatoms. The molecular weight excluding hydrogens is 302 g/mol. The van der Waals surface area contributed by atoms with Crippen LogP contribution in [0.3, 0.4) is 0 Å². The van der Waals surface area contributed by atoms with E-state index in [1.54, 1.807) is 11.3 Å². The highest BCUT2D eigenvalue weighted by molar-refractivity contribution is 7.10. The molecule has 1 N–H and O–H groups in total. The Hall–Kier alpha value is -1.16. The SMILES string of the molecule is O[C@]1(c2cccs2)C[C@H](N2CCCCC2)CCc2ccccc21. The van der Waals surface area contributed by atoms with Crippen LogP contribution in [0.25, 0.3) is 0 Å². The van der Waals surface area contributed by atoms with Gasteiger partial charge in [-0.2, -0.15) is 0 Å². The van der Waals surface area contributed by atoms with Gasteiger partial charge in [-0.05, 0) is 61.3 Å². The zero-order valence-corrected chi connectivity index (χ0v) is 14.4. The van der Waals surface area contributed by atoms with Crippen LogP contribution >= 0.6 is 11.3 Å². The molecule has 1 fully saturated rings. The van der Waals surface area contributed by atoms with Gasteiger partial charge in [0.15, 0.2) is 0 Å². The number of likely N-dealkylation sites (tertiary alicyclic amines) is 1. The molecule has 1 aliphatic heterocycles. The van der Waals surface area contributed by atoms with Gasteiger partial charge in [-0.15, -0.1) is 11.3 Å². The molecule has 1 saturated heterocycles. The second-order valence-corrected chi connectivity index (χ2v) is 7.94. The summed E-state index contributed by atoms with van der Waals surface area (Å²) in [6.45, 7) is 2.39. The molecule has 2 heterocycles. The van der Waals surface area contributed by atoms with Crippen molar-refractivity contribution in [2.75, 3.05) is 13.1 Å². The molecular formula is C20H25NOS. The van der Waals surface area contributed by atoms with E-state index in [9.17, 15) is 5.11 Å². The number of hydrogen-bond acceptors (Lipinski definition) is 3. The number of thiophene rings is 1. The van der Waals surface area contributed by atoms with Crippen LogP contribution < -0.4 is 0 Å². The van der Waals surface area contributed by atoms with E-state index in [0.717, 1.165) is 29.7 Å². The van der Waals surface area contributed by atoms with Gasteiger partial charge >= 0.3 is 0 Å². The number of rotatable bonds is 2.